The van der Waals surface area contributed by atoms with Gasteiger partial charge in [-0.15, -0.1) is 0 Å². The van der Waals surface area contributed by atoms with Crippen LogP contribution in [-0.2, 0) is 6.42 Å². The molecule has 2 unspecified atom stereocenters. The molecule has 1 aromatic rings. The molecule has 1 aliphatic carbocycles. The Morgan fingerprint density at radius 1 is 1.40 bits per heavy atom. The summed E-state index contributed by atoms with van der Waals surface area (Å²) in [5, 5.41) is 10.8. The van der Waals surface area contributed by atoms with Crippen LogP contribution in [0.15, 0.2) is 22.7 Å². The van der Waals surface area contributed by atoms with E-state index in [4.69, 9.17) is 5.73 Å². The van der Waals surface area contributed by atoms with E-state index in [1.807, 2.05) is 0 Å². The lowest BCUT2D eigenvalue weighted by Gasteiger charge is -2.49. The van der Waals surface area contributed by atoms with Gasteiger partial charge in [0.15, 0.2) is 0 Å². The van der Waals surface area contributed by atoms with Crippen molar-refractivity contribution >= 4 is 15.9 Å². The van der Waals surface area contributed by atoms with Crippen molar-refractivity contribution < 1.29 is 9.50 Å². The third-order valence-corrected chi connectivity index (χ3v) is 5.55. The lowest BCUT2D eigenvalue weighted by atomic mass is 9.59. The van der Waals surface area contributed by atoms with E-state index in [0.29, 0.717) is 13.0 Å². The van der Waals surface area contributed by atoms with E-state index in [9.17, 15) is 9.50 Å². The molecule has 4 heteroatoms. The van der Waals surface area contributed by atoms with Gasteiger partial charge in [-0.25, -0.2) is 4.39 Å². The van der Waals surface area contributed by atoms with Crippen molar-refractivity contribution in [1.82, 2.24) is 0 Å². The Balaban J connectivity index is 2.34. The van der Waals surface area contributed by atoms with E-state index >= 15 is 0 Å². The summed E-state index contributed by atoms with van der Waals surface area (Å²) in [5.74, 6) is -0.250. The predicted molar refractivity (Wildman–Crippen MR) is 82.9 cm³/mol. The van der Waals surface area contributed by atoms with Crippen LogP contribution in [0.4, 0.5) is 4.39 Å². The van der Waals surface area contributed by atoms with Gasteiger partial charge in [0.1, 0.15) is 5.82 Å². The Morgan fingerprint density at radius 3 is 2.75 bits per heavy atom. The zero-order valence-corrected chi connectivity index (χ0v) is 13.7. The van der Waals surface area contributed by atoms with Crippen LogP contribution in [0, 0.1) is 16.6 Å². The molecule has 1 fully saturated rings. The van der Waals surface area contributed by atoms with E-state index in [1.54, 1.807) is 6.07 Å². The lowest BCUT2D eigenvalue weighted by Crippen LogP contribution is -2.53. The summed E-state index contributed by atoms with van der Waals surface area (Å²) in [7, 11) is 0. The molecule has 0 radical (unpaired) electrons. The number of rotatable bonds is 3. The van der Waals surface area contributed by atoms with Crippen molar-refractivity contribution in [2.24, 2.45) is 16.6 Å². The van der Waals surface area contributed by atoms with Crippen molar-refractivity contribution in [1.29, 1.82) is 0 Å². The second-order valence-electron chi connectivity index (χ2n) is 6.72. The zero-order valence-electron chi connectivity index (χ0n) is 12.1. The largest absolute Gasteiger partial charge is 0.392 e. The highest BCUT2D eigenvalue weighted by molar-refractivity contribution is 9.10. The Kier molecular flexibility index (Phi) is 4.57. The van der Waals surface area contributed by atoms with E-state index in [2.05, 4.69) is 29.8 Å². The minimum absolute atomic E-state index is 0.141. The summed E-state index contributed by atoms with van der Waals surface area (Å²) >= 11 is 3.47. The minimum atomic E-state index is -0.469. The van der Waals surface area contributed by atoms with Crippen LogP contribution < -0.4 is 5.73 Å². The molecule has 2 rings (SSSR count). The van der Waals surface area contributed by atoms with Crippen molar-refractivity contribution in [3.8, 4) is 0 Å². The molecule has 1 saturated carbocycles. The van der Waals surface area contributed by atoms with Crippen molar-refractivity contribution in [3.05, 3.63) is 34.1 Å². The first kappa shape index (κ1) is 15.9. The number of aliphatic hydroxyl groups is 1. The Labute approximate surface area is 128 Å². The number of halogens is 2. The molecule has 1 aliphatic rings. The van der Waals surface area contributed by atoms with E-state index in [-0.39, 0.29) is 16.6 Å². The van der Waals surface area contributed by atoms with Crippen LogP contribution >= 0.6 is 15.9 Å². The maximum atomic E-state index is 13.5. The molecule has 2 atom stereocenters. The Hall–Kier alpha value is -0.450. The molecule has 0 aliphatic heterocycles. The first-order valence-corrected chi connectivity index (χ1v) is 7.92. The smallest absolute Gasteiger partial charge is 0.123 e. The van der Waals surface area contributed by atoms with Gasteiger partial charge in [0.25, 0.3) is 0 Å². The molecule has 0 amide bonds. The molecular formula is C16H23BrFNO. The summed E-state index contributed by atoms with van der Waals surface area (Å²) < 4.78 is 14.3. The summed E-state index contributed by atoms with van der Waals surface area (Å²) in [5.41, 5.74) is 6.39. The normalized spacial score (nSPS) is 29.4. The summed E-state index contributed by atoms with van der Waals surface area (Å²) in [6, 6.07) is 4.69. The quantitative estimate of drug-likeness (QED) is 0.879. The fraction of sp³-hybridized carbons (Fsp3) is 0.625. The molecule has 3 N–H and O–H groups in total. The van der Waals surface area contributed by atoms with Crippen LogP contribution in [0.2, 0.25) is 0 Å². The monoisotopic (exact) mass is 343 g/mol. The van der Waals surface area contributed by atoms with Crippen LogP contribution in [0.3, 0.4) is 0 Å². The first-order chi connectivity index (χ1) is 9.31. The molecule has 0 saturated heterocycles. The minimum Gasteiger partial charge on any atom is -0.392 e. The standard InChI is InChI=1S/C16H23BrFNO/c1-15(2)6-3-7-16(10-19,14(15)20)9-11-8-12(18)4-5-13(11)17/h4-5,8,14,20H,3,6-7,9-10,19H2,1-2H3. The third kappa shape index (κ3) is 2.92. The Morgan fingerprint density at radius 2 is 2.10 bits per heavy atom. The van der Waals surface area contributed by atoms with Gasteiger partial charge in [-0.3, -0.25) is 0 Å². The van der Waals surface area contributed by atoms with Crippen LogP contribution in [0.5, 0.6) is 0 Å². The molecule has 0 aromatic heterocycles. The highest BCUT2D eigenvalue weighted by Crippen LogP contribution is 2.48. The fourth-order valence-corrected chi connectivity index (χ4v) is 3.91. The van der Waals surface area contributed by atoms with Crippen LogP contribution in [0.25, 0.3) is 0 Å². The highest BCUT2D eigenvalue weighted by atomic mass is 79.9. The maximum Gasteiger partial charge on any atom is 0.123 e. The van der Waals surface area contributed by atoms with Gasteiger partial charge in [-0.1, -0.05) is 36.2 Å². The van der Waals surface area contributed by atoms with Crippen molar-refractivity contribution in [2.45, 2.75) is 45.6 Å². The molecule has 2 nitrogen and oxygen atoms in total. The topological polar surface area (TPSA) is 46.2 Å². The van der Waals surface area contributed by atoms with E-state index in [0.717, 1.165) is 29.3 Å². The number of benzene rings is 1. The average Bonchev–Trinajstić information content (AvgIpc) is 2.39. The van der Waals surface area contributed by atoms with Crippen molar-refractivity contribution in [3.63, 3.8) is 0 Å². The van der Waals surface area contributed by atoms with Crippen LogP contribution in [0.1, 0.15) is 38.7 Å². The van der Waals surface area contributed by atoms with Crippen LogP contribution in [-0.4, -0.2) is 17.8 Å². The molecule has 0 bridgehead atoms. The number of hydrogen-bond donors (Lipinski definition) is 2. The second kappa shape index (κ2) is 5.74. The maximum absolute atomic E-state index is 13.5. The molecule has 20 heavy (non-hydrogen) atoms. The third-order valence-electron chi connectivity index (χ3n) is 4.77. The van der Waals surface area contributed by atoms with Gasteiger partial charge < -0.3 is 10.8 Å². The average molecular weight is 344 g/mol. The van der Waals surface area contributed by atoms with E-state index in [1.165, 1.54) is 12.1 Å². The number of aliphatic hydroxyl groups excluding tert-OH is 1. The second-order valence-corrected chi connectivity index (χ2v) is 7.58. The summed E-state index contributed by atoms with van der Waals surface area (Å²) in [4.78, 5) is 0. The zero-order chi connectivity index (χ0) is 15.0. The lowest BCUT2D eigenvalue weighted by molar-refractivity contribution is -0.0885. The first-order valence-electron chi connectivity index (χ1n) is 7.13. The molecule has 0 spiro atoms. The van der Waals surface area contributed by atoms with Gasteiger partial charge in [-0.05, 0) is 48.4 Å². The van der Waals surface area contributed by atoms with Gasteiger partial charge in [-0.2, -0.15) is 0 Å². The molecule has 0 heterocycles. The summed E-state index contributed by atoms with van der Waals surface area (Å²) in [6.07, 6.45) is 3.07. The Bertz CT molecular complexity index is 491. The predicted octanol–water partition coefficient (Wildman–Crippen LogP) is 3.65. The van der Waals surface area contributed by atoms with E-state index < -0.39 is 6.10 Å². The van der Waals surface area contributed by atoms with Gasteiger partial charge in [0.2, 0.25) is 0 Å². The van der Waals surface area contributed by atoms with Gasteiger partial charge >= 0.3 is 0 Å². The molecular weight excluding hydrogens is 321 g/mol. The highest BCUT2D eigenvalue weighted by Gasteiger charge is 2.47. The van der Waals surface area contributed by atoms with Gasteiger partial charge in [0.05, 0.1) is 6.10 Å². The SMILES string of the molecule is CC1(C)CCCC(CN)(Cc2cc(F)ccc2Br)C1O. The fourth-order valence-electron chi connectivity index (χ4n) is 3.53. The van der Waals surface area contributed by atoms with Crippen molar-refractivity contribution in [2.75, 3.05) is 6.54 Å². The number of hydrogen-bond acceptors (Lipinski definition) is 2. The number of nitrogens with two attached hydrogens (primary N) is 1. The summed E-state index contributed by atoms with van der Waals surface area (Å²) in [6.45, 7) is 4.59. The van der Waals surface area contributed by atoms with Gasteiger partial charge in [0, 0.05) is 16.4 Å². The molecule has 1 aromatic carbocycles. The molecule has 112 valence electrons.